The lowest BCUT2D eigenvalue weighted by atomic mass is 10.8. The van der Waals surface area contributed by atoms with Gasteiger partial charge in [-0.05, 0) is 13.8 Å². The van der Waals surface area contributed by atoms with Crippen LogP contribution >= 0.6 is 7.82 Å². The molecule has 5 nitrogen and oxygen atoms in total. The highest BCUT2D eigenvalue weighted by Gasteiger charge is 2.11. The van der Waals surface area contributed by atoms with Crippen molar-refractivity contribution in [2.75, 3.05) is 20.3 Å². The van der Waals surface area contributed by atoms with Crippen molar-refractivity contribution in [2.45, 2.75) is 13.8 Å². The molecule has 0 aliphatic heterocycles. The summed E-state index contributed by atoms with van der Waals surface area (Å²) in [5.74, 6) is 0. The maximum absolute atomic E-state index is 9.92. The standard InChI is InChI=1S/C3H9O5P.2C3H6/c1-7-2-3-8-9(4,5)6;2*1-3-2/h2-3H2,1H3,(H2,4,5,6);2*3H,1H2,2H3. The molecule has 0 aliphatic carbocycles. The highest BCUT2D eigenvalue weighted by Crippen LogP contribution is 2.35. The van der Waals surface area contributed by atoms with Gasteiger partial charge in [-0.2, -0.15) is 0 Å². The Kier molecular flexibility index (Phi) is 21.4. The van der Waals surface area contributed by atoms with Crippen LogP contribution in [0.4, 0.5) is 0 Å². The molecule has 6 heteroatoms. The second-order valence-corrected chi connectivity index (χ2v) is 3.37. The number of rotatable bonds is 4. The summed E-state index contributed by atoms with van der Waals surface area (Å²) in [5.41, 5.74) is 0. The zero-order chi connectivity index (χ0) is 12.7. The molecule has 0 aromatic carbocycles. The van der Waals surface area contributed by atoms with Crippen LogP contribution in [0.1, 0.15) is 13.8 Å². The van der Waals surface area contributed by atoms with Crippen molar-refractivity contribution in [1.29, 1.82) is 0 Å². The smallest absolute Gasteiger partial charge is 0.382 e. The molecule has 0 bridgehead atoms. The van der Waals surface area contributed by atoms with Gasteiger partial charge >= 0.3 is 7.82 Å². The van der Waals surface area contributed by atoms with E-state index in [9.17, 15) is 4.57 Å². The minimum Gasteiger partial charge on any atom is -0.382 e. The van der Waals surface area contributed by atoms with Gasteiger partial charge in [0, 0.05) is 7.11 Å². The van der Waals surface area contributed by atoms with Gasteiger partial charge in [0.2, 0.25) is 0 Å². The summed E-state index contributed by atoms with van der Waals surface area (Å²) in [4.78, 5) is 16.2. The van der Waals surface area contributed by atoms with Crippen LogP contribution in [-0.2, 0) is 13.8 Å². The number of phosphoric ester groups is 1. The van der Waals surface area contributed by atoms with Crippen molar-refractivity contribution >= 4 is 7.82 Å². The van der Waals surface area contributed by atoms with Gasteiger partial charge in [-0.3, -0.25) is 4.52 Å². The Bertz CT molecular complexity index is 169. The zero-order valence-corrected chi connectivity index (χ0v) is 10.4. The predicted octanol–water partition coefficient (Wildman–Crippen LogP) is 2.13. The van der Waals surface area contributed by atoms with Gasteiger partial charge in [0.15, 0.2) is 0 Å². The molecule has 0 rings (SSSR count). The van der Waals surface area contributed by atoms with Gasteiger partial charge in [0.25, 0.3) is 0 Å². The van der Waals surface area contributed by atoms with E-state index in [-0.39, 0.29) is 13.2 Å². The molecule has 0 aromatic rings. The zero-order valence-electron chi connectivity index (χ0n) is 9.55. The lowest BCUT2D eigenvalue weighted by molar-refractivity contribution is 0.120. The summed E-state index contributed by atoms with van der Waals surface area (Å²) in [6.07, 6.45) is 3.50. The Morgan fingerprint density at radius 3 is 1.73 bits per heavy atom. The van der Waals surface area contributed by atoms with Crippen molar-refractivity contribution in [1.82, 2.24) is 0 Å². The fraction of sp³-hybridized carbons (Fsp3) is 0.556. The molecule has 0 heterocycles. The van der Waals surface area contributed by atoms with Crippen LogP contribution in [-0.4, -0.2) is 30.1 Å². The molecule has 0 aliphatic rings. The molecule has 15 heavy (non-hydrogen) atoms. The maximum Gasteiger partial charge on any atom is 0.469 e. The fourth-order valence-corrected chi connectivity index (χ4v) is 0.552. The number of ether oxygens (including phenoxy) is 1. The first-order valence-corrected chi connectivity index (χ1v) is 5.75. The van der Waals surface area contributed by atoms with E-state index in [1.165, 1.54) is 7.11 Å². The molecular weight excluding hydrogens is 219 g/mol. The monoisotopic (exact) mass is 240 g/mol. The minimum absolute atomic E-state index is 0.0826. The molecule has 92 valence electrons. The van der Waals surface area contributed by atoms with Crippen molar-refractivity contribution in [3.63, 3.8) is 0 Å². The molecule has 0 atom stereocenters. The van der Waals surface area contributed by atoms with E-state index in [2.05, 4.69) is 22.4 Å². The van der Waals surface area contributed by atoms with Crippen LogP contribution in [0.2, 0.25) is 0 Å². The minimum atomic E-state index is -4.28. The highest BCUT2D eigenvalue weighted by atomic mass is 31.2. The first-order valence-electron chi connectivity index (χ1n) is 4.22. The summed E-state index contributed by atoms with van der Waals surface area (Å²) in [6, 6.07) is 0. The average molecular weight is 240 g/mol. The van der Waals surface area contributed by atoms with Gasteiger partial charge < -0.3 is 14.5 Å². The van der Waals surface area contributed by atoms with Crippen LogP contribution < -0.4 is 0 Å². The van der Waals surface area contributed by atoms with Gasteiger partial charge in [0.05, 0.1) is 13.2 Å². The summed E-state index contributed by atoms with van der Waals surface area (Å²) in [6.45, 7) is 10.6. The third kappa shape index (κ3) is 58.7. The Labute approximate surface area is 91.7 Å². The lowest BCUT2D eigenvalue weighted by Crippen LogP contribution is -1.99. The normalized spacial score (nSPS) is 8.87. The van der Waals surface area contributed by atoms with Crippen LogP contribution in [0.5, 0.6) is 0 Å². The number of phosphoric acid groups is 1. The van der Waals surface area contributed by atoms with Crippen molar-refractivity contribution in [3.05, 3.63) is 25.3 Å². The van der Waals surface area contributed by atoms with Gasteiger partial charge in [-0.1, -0.05) is 12.2 Å². The van der Waals surface area contributed by atoms with E-state index in [1.807, 2.05) is 13.8 Å². The van der Waals surface area contributed by atoms with E-state index >= 15 is 0 Å². The Morgan fingerprint density at radius 1 is 1.20 bits per heavy atom. The van der Waals surface area contributed by atoms with Crippen molar-refractivity contribution in [3.8, 4) is 0 Å². The van der Waals surface area contributed by atoms with Crippen LogP contribution in [0.15, 0.2) is 25.3 Å². The van der Waals surface area contributed by atoms with E-state index in [0.29, 0.717) is 0 Å². The Morgan fingerprint density at radius 2 is 1.53 bits per heavy atom. The average Bonchev–Trinajstić information content (AvgIpc) is 2.05. The second-order valence-electron chi connectivity index (χ2n) is 2.13. The fourth-order valence-electron chi connectivity index (χ4n) is 0.240. The summed E-state index contributed by atoms with van der Waals surface area (Å²) in [5, 5.41) is 0. The topological polar surface area (TPSA) is 76.0 Å². The summed E-state index contributed by atoms with van der Waals surface area (Å²) >= 11 is 0. The van der Waals surface area contributed by atoms with E-state index in [1.54, 1.807) is 12.2 Å². The molecule has 0 radical (unpaired) electrons. The molecule has 0 saturated carbocycles. The molecule has 0 spiro atoms. The molecule has 0 aromatic heterocycles. The van der Waals surface area contributed by atoms with Crippen molar-refractivity contribution < 1.29 is 23.6 Å². The molecule has 0 fully saturated rings. The lowest BCUT2D eigenvalue weighted by Gasteiger charge is -2.02. The van der Waals surface area contributed by atoms with Crippen LogP contribution in [0, 0.1) is 0 Å². The van der Waals surface area contributed by atoms with Gasteiger partial charge in [-0.15, -0.1) is 13.2 Å². The van der Waals surface area contributed by atoms with Crippen LogP contribution in [0.3, 0.4) is 0 Å². The second kappa shape index (κ2) is 16.0. The Balaban J connectivity index is -0.000000200. The molecular formula is C9H21O5P. The van der Waals surface area contributed by atoms with Gasteiger partial charge in [-0.25, -0.2) is 4.57 Å². The van der Waals surface area contributed by atoms with Gasteiger partial charge in [0.1, 0.15) is 0 Å². The highest BCUT2D eigenvalue weighted by molar-refractivity contribution is 7.46. The van der Waals surface area contributed by atoms with Crippen molar-refractivity contribution in [2.24, 2.45) is 0 Å². The molecule has 2 N–H and O–H groups in total. The molecule has 0 unspecified atom stereocenters. The van der Waals surface area contributed by atoms with E-state index < -0.39 is 7.82 Å². The number of hydrogen-bond acceptors (Lipinski definition) is 3. The number of allylic oxidation sites excluding steroid dienone is 2. The summed E-state index contributed by atoms with van der Waals surface area (Å²) in [7, 11) is -2.86. The largest absolute Gasteiger partial charge is 0.469 e. The number of hydrogen-bond donors (Lipinski definition) is 2. The summed E-state index contributed by atoms with van der Waals surface area (Å²) < 4.78 is 18.4. The number of methoxy groups -OCH3 is 1. The SMILES string of the molecule is C=CC.C=CC.COCCOP(=O)(O)O. The third-order valence-electron chi connectivity index (χ3n) is 0.547. The van der Waals surface area contributed by atoms with E-state index in [0.717, 1.165) is 0 Å². The molecule has 0 saturated heterocycles. The van der Waals surface area contributed by atoms with Crippen LogP contribution in [0.25, 0.3) is 0 Å². The van der Waals surface area contributed by atoms with E-state index in [4.69, 9.17) is 9.79 Å². The Hall–Kier alpha value is -0.450. The predicted molar refractivity (Wildman–Crippen MR) is 61.6 cm³/mol. The first kappa shape index (κ1) is 20.0. The maximum atomic E-state index is 9.92. The third-order valence-corrected chi connectivity index (χ3v) is 1.07. The first-order chi connectivity index (χ1) is 6.89. The molecule has 0 amide bonds. The quantitative estimate of drug-likeness (QED) is 0.447.